The van der Waals surface area contributed by atoms with Crippen LogP contribution in [0.5, 0.6) is 0 Å². The number of hydrogen-bond donors (Lipinski definition) is 1. The number of likely N-dealkylation sites (N-methyl/N-ethyl adjacent to an activating group) is 1. The van der Waals surface area contributed by atoms with Gasteiger partial charge in [-0.1, -0.05) is 0 Å². The first kappa shape index (κ1) is 16.8. The molecule has 0 radical (unpaired) electrons. The van der Waals surface area contributed by atoms with Gasteiger partial charge in [0.15, 0.2) is 0 Å². The molecule has 18 heavy (non-hydrogen) atoms. The van der Waals surface area contributed by atoms with Gasteiger partial charge >= 0.3 is 0 Å². The smallest absolute Gasteiger partial charge is 0.239 e. The van der Waals surface area contributed by atoms with Crippen molar-refractivity contribution in [1.29, 1.82) is 0 Å². The second kappa shape index (κ2) is 6.66. The third kappa shape index (κ3) is 3.65. The molecule has 1 amide bonds. The van der Waals surface area contributed by atoms with Gasteiger partial charge in [0.1, 0.15) is 11.6 Å². The van der Waals surface area contributed by atoms with Crippen molar-refractivity contribution in [3.63, 3.8) is 0 Å². The topological polar surface area (TPSA) is 46.3 Å². The Hall–Kier alpha value is -1.20. The molecule has 102 valence electrons. The normalized spacial score (nSPS) is 13.4. The van der Waals surface area contributed by atoms with Crippen LogP contribution in [0.15, 0.2) is 18.2 Å². The zero-order valence-corrected chi connectivity index (χ0v) is 11.3. The van der Waals surface area contributed by atoms with Crippen molar-refractivity contribution in [2.75, 3.05) is 7.05 Å². The highest BCUT2D eigenvalue weighted by molar-refractivity contribution is 5.85. The molecule has 6 heteroatoms. The Morgan fingerprint density at radius 1 is 1.33 bits per heavy atom. The molecule has 0 aromatic heterocycles. The van der Waals surface area contributed by atoms with E-state index in [2.05, 4.69) is 0 Å². The summed E-state index contributed by atoms with van der Waals surface area (Å²) in [4.78, 5) is 12.9. The predicted octanol–water partition coefficient (Wildman–Crippen LogP) is 2.25. The molecular weight excluding hydrogens is 262 g/mol. The highest BCUT2D eigenvalue weighted by atomic mass is 35.5. The number of carbonyl (C=O) groups is 1. The van der Waals surface area contributed by atoms with Crippen LogP contribution in [0.25, 0.3) is 0 Å². The molecule has 0 fully saturated rings. The number of nitrogens with zero attached hydrogens (tertiary/aromatic N) is 1. The van der Waals surface area contributed by atoms with Gasteiger partial charge in [-0.15, -0.1) is 12.4 Å². The van der Waals surface area contributed by atoms with Crippen molar-refractivity contribution in [3.8, 4) is 0 Å². The third-order valence-corrected chi connectivity index (χ3v) is 2.73. The molecule has 2 unspecified atom stereocenters. The zero-order valence-electron chi connectivity index (χ0n) is 10.5. The molecule has 0 spiro atoms. The van der Waals surface area contributed by atoms with Crippen LogP contribution in [0.2, 0.25) is 0 Å². The molecular formula is C12H17ClF2N2O. The first-order chi connectivity index (χ1) is 7.84. The summed E-state index contributed by atoms with van der Waals surface area (Å²) in [7, 11) is 1.51. The van der Waals surface area contributed by atoms with Crippen molar-refractivity contribution >= 4 is 18.3 Å². The van der Waals surface area contributed by atoms with E-state index in [0.29, 0.717) is 0 Å². The monoisotopic (exact) mass is 278 g/mol. The van der Waals surface area contributed by atoms with E-state index in [1.807, 2.05) is 0 Å². The molecule has 1 rings (SSSR count). The lowest BCUT2D eigenvalue weighted by Crippen LogP contribution is -2.41. The van der Waals surface area contributed by atoms with Crippen LogP contribution in [-0.4, -0.2) is 23.9 Å². The van der Waals surface area contributed by atoms with Gasteiger partial charge in [-0.25, -0.2) is 8.78 Å². The average molecular weight is 279 g/mol. The van der Waals surface area contributed by atoms with Crippen molar-refractivity contribution in [1.82, 2.24) is 4.90 Å². The third-order valence-electron chi connectivity index (χ3n) is 2.73. The molecule has 0 aliphatic rings. The second-order valence-corrected chi connectivity index (χ2v) is 4.08. The Balaban J connectivity index is 0.00000289. The van der Waals surface area contributed by atoms with E-state index in [1.165, 1.54) is 11.9 Å². The number of carbonyl (C=O) groups excluding carboxylic acids is 1. The van der Waals surface area contributed by atoms with Crippen LogP contribution in [-0.2, 0) is 4.79 Å². The first-order valence-corrected chi connectivity index (χ1v) is 5.31. The maximum absolute atomic E-state index is 13.5. The van der Waals surface area contributed by atoms with E-state index >= 15 is 0 Å². The molecule has 3 nitrogen and oxygen atoms in total. The van der Waals surface area contributed by atoms with Gasteiger partial charge < -0.3 is 10.6 Å². The zero-order chi connectivity index (χ0) is 13.2. The van der Waals surface area contributed by atoms with Gasteiger partial charge in [-0.3, -0.25) is 4.79 Å². The fourth-order valence-corrected chi connectivity index (χ4v) is 1.56. The highest BCUT2D eigenvalue weighted by Gasteiger charge is 2.22. The number of rotatable bonds is 3. The van der Waals surface area contributed by atoms with Crippen LogP contribution < -0.4 is 5.73 Å². The van der Waals surface area contributed by atoms with Crippen molar-refractivity contribution < 1.29 is 13.6 Å². The lowest BCUT2D eigenvalue weighted by atomic mass is 10.1. The summed E-state index contributed by atoms with van der Waals surface area (Å²) in [5.41, 5.74) is 5.60. The van der Waals surface area contributed by atoms with Gasteiger partial charge in [0.2, 0.25) is 5.91 Å². The molecule has 1 aromatic carbocycles. The minimum Gasteiger partial charge on any atom is -0.338 e. The minimum absolute atomic E-state index is 0. The summed E-state index contributed by atoms with van der Waals surface area (Å²) in [6, 6.07) is 1.94. The molecule has 0 saturated carbocycles. The Morgan fingerprint density at radius 3 is 2.39 bits per heavy atom. The van der Waals surface area contributed by atoms with E-state index in [9.17, 15) is 13.6 Å². The predicted molar refractivity (Wildman–Crippen MR) is 68.4 cm³/mol. The van der Waals surface area contributed by atoms with E-state index in [4.69, 9.17) is 5.73 Å². The van der Waals surface area contributed by atoms with Gasteiger partial charge in [0.25, 0.3) is 0 Å². The SMILES string of the molecule is CC(N)C(=O)N(C)C(C)c1cc(F)ccc1F.Cl. The largest absolute Gasteiger partial charge is 0.338 e. The van der Waals surface area contributed by atoms with Crippen LogP contribution in [0.1, 0.15) is 25.5 Å². The molecule has 0 aliphatic carbocycles. The van der Waals surface area contributed by atoms with Crippen molar-refractivity contribution in [3.05, 3.63) is 35.4 Å². The van der Waals surface area contributed by atoms with Gasteiger partial charge in [0.05, 0.1) is 12.1 Å². The summed E-state index contributed by atoms with van der Waals surface area (Å²) < 4.78 is 26.5. The summed E-state index contributed by atoms with van der Waals surface area (Å²) in [5, 5.41) is 0. The van der Waals surface area contributed by atoms with Crippen molar-refractivity contribution in [2.45, 2.75) is 25.9 Å². The number of amides is 1. The Kier molecular flexibility index (Phi) is 6.21. The van der Waals surface area contributed by atoms with Crippen LogP contribution in [0, 0.1) is 11.6 Å². The number of hydrogen-bond acceptors (Lipinski definition) is 2. The fourth-order valence-electron chi connectivity index (χ4n) is 1.56. The molecule has 2 atom stereocenters. The maximum atomic E-state index is 13.5. The Labute approximate surface area is 111 Å². The van der Waals surface area contributed by atoms with Gasteiger partial charge in [-0.05, 0) is 32.0 Å². The summed E-state index contributed by atoms with van der Waals surface area (Å²) >= 11 is 0. The average Bonchev–Trinajstić information content (AvgIpc) is 2.29. The Bertz CT molecular complexity index is 427. The van der Waals surface area contributed by atoms with Crippen molar-refractivity contribution in [2.24, 2.45) is 5.73 Å². The number of benzene rings is 1. The summed E-state index contributed by atoms with van der Waals surface area (Å²) in [6.45, 7) is 3.17. The molecule has 0 heterocycles. The second-order valence-electron chi connectivity index (χ2n) is 4.08. The van der Waals surface area contributed by atoms with E-state index in [0.717, 1.165) is 18.2 Å². The van der Waals surface area contributed by atoms with Gasteiger partial charge in [-0.2, -0.15) is 0 Å². The minimum atomic E-state index is -0.668. The quantitative estimate of drug-likeness (QED) is 0.922. The maximum Gasteiger partial charge on any atom is 0.239 e. The summed E-state index contributed by atoms with van der Waals surface area (Å²) in [5.74, 6) is -1.39. The van der Waals surface area contributed by atoms with Gasteiger partial charge in [0, 0.05) is 12.6 Å². The lowest BCUT2D eigenvalue weighted by Gasteiger charge is -2.27. The molecule has 0 aliphatic heterocycles. The lowest BCUT2D eigenvalue weighted by molar-refractivity contribution is -0.132. The fraction of sp³-hybridized carbons (Fsp3) is 0.417. The molecule has 0 bridgehead atoms. The highest BCUT2D eigenvalue weighted by Crippen LogP contribution is 2.23. The Morgan fingerprint density at radius 2 is 1.89 bits per heavy atom. The first-order valence-electron chi connectivity index (χ1n) is 5.31. The standard InChI is InChI=1S/C12H16F2N2O.ClH/c1-7(15)12(17)16(3)8(2)10-6-9(13)4-5-11(10)14;/h4-8H,15H2,1-3H3;1H. The molecule has 0 saturated heterocycles. The van der Waals surface area contributed by atoms with Crippen LogP contribution in [0.4, 0.5) is 8.78 Å². The van der Waals surface area contributed by atoms with E-state index in [-0.39, 0.29) is 23.9 Å². The van der Waals surface area contributed by atoms with Crippen LogP contribution >= 0.6 is 12.4 Å². The molecule has 2 N–H and O–H groups in total. The van der Waals surface area contributed by atoms with E-state index in [1.54, 1.807) is 13.8 Å². The number of halogens is 3. The molecule has 1 aromatic rings. The van der Waals surface area contributed by atoms with Crippen LogP contribution in [0.3, 0.4) is 0 Å². The number of nitrogens with two attached hydrogens (primary N) is 1. The summed E-state index contributed by atoms with van der Waals surface area (Å²) in [6.07, 6.45) is 0. The van der Waals surface area contributed by atoms with E-state index < -0.39 is 23.7 Å².